The summed E-state index contributed by atoms with van der Waals surface area (Å²) >= 11 is 5.58. The summed E-state index contributed by atoms with van der Waals surface area (Å²) < 4.78 is 0. The zero-order valence-corrected chi connectivity index (χ0v) is 10.6. The second-order valence-corrected chi connectivity index (χ2v) is 4.90. The van der Waals surface area contributed by atoms with E-state index in [1.807, 2.05) is 6.92 Å². The molecule has 0 radical (unpaired) electrons. The van der Waals surface area contributed by atoms with Crippen molar-refractivity contribution in [2.24, 2.45) is 5.92 Å². The van der Waals surface area contributed by atoms with Gasteiger partial charge < -0.3 is 4.90 Å². The number of halogens is 1. The third-order valence-corrected chi connectivity index (χ3v) is 3.16. The number of alkyl halides is 1. The molecule has 0 aromatic carbocycles. The van der Waals surface area contributed by atoms with Crippen LogP contribution in [-0.2, 0) is 4.79 Å². The van der Waals surface area contributed by atoms with Crippen LogP contribution in [0.5, 0.6) is 0 Å². The summed E-state index contributed by atoms with van der Waals surface area (Å²) in [6, 6.07) is -0.327. The Morgan fingerprint density at radius 2 is 2.12 bits per heavy atom. The minimum Gasteiger partial charge on any atom is -0.324 e. The van der Waals surface area contributed by atoms with Gasteiger partial charge in [0.05, 0.1) is 0 Å². The van der Waals surface area contributed by atoms with Crippen LogP contribution in [0.4, 0.5) is 4.79 Å². The van der Waals surface area contributed by atoms with Crippen LogP contribution >= 0.6 is 11.6 Å². The van der Waals surface area contributed by atoms with E-state index >= 15 is 0 Å². The Morgan fingerprint density at radius 1 is 1.50 bits per heavy atom. The number of carbonyl (C=O) groups is 2. The van der Waals surface area contributed by atoms with Gasteiger partial charge in [-0.2, -0.15) is 0 Å². The van der Waals surface area contributed by atoms with Crippen LogP contribution in [0, 0.1) is 5.92 Å². The molecule has 1 unspecified atom stereocenters. The smallest absolute Gasteiger partial charge is 0.324 e. The number of carbonyl (C=O) groups excluding carboxylic acids is 2. The summed E-state index contributed by atoms with van der Waals surface area (Å²) in [6.07, 6.45) is 3.62. The Kier molecular flexibility index (Phi) is 5.06. The summed E-state index contributed by atoms with van der Waals surface area (Å²) in [5.74, 6) is 0.174. The van der Waals surface area contributed by atoms with Gasteiger partial charge in [-0.3, -0.25) is 10.1 Å². The largest absolute Gasteiger partial charge is 0.324 e. The summed E-state index contributed by atoms with van der Waals surface area (Å²) in [5.41, 5.74) is 0. The van der Waals surface area contributed by atoms with Crippen LogP contribution in [0.15, 0.2) is 0 Å². The maximum atomic E-state index is 11.7. The molecule has 0 bridgehead atoms. The lowest BCUT2D eigenvalue weighted by Crippen LogP contribution is -2.47. The highest BCUT2D eigenvalue weighted by Crippen LogP contribution is 2.26. The first-order chi connectivity index (χ1) is 7.54. The van der Waals surface area contributed by atoms with Crippen molar-refractivity contribution in [3.05, 3.63) is 0 Å². The van der Waals surface area contributed by atoms with E-state index in [4.69, 9.17) is 11.6 Å². The van der Waals surface area contributed by atoms with Crippen molar-refractivity contribution in [3.8, 4) is 0 Å². The zero-order valence-electron chi connectivity index (χ0n) is 9.83. The summed E-state index contributed by atoms with van der Waals surface area (Å²) in [5, 5.41) is 1.63. The minimum absolute atomic E-state index is 0.327. The third kappa shape index (κ3) is 3.67. The highest BCUT2D eigenvalue weighted by Gasteiger charge is 2.24. The van der Waals surface area contributed by atoms with Crippen molar-refractivity contribution in [1.29, 1.82) is 0 Å². The minimum atomic E-state index is -0.675. The SMILES string of the molecule is CCN(CC1CCC1)C(=O)NC(=O)C(C)Cl. The molecular weight excluding hydrogens is 228 g/mol. The molecule has 1 N–H and O–H groups in total. The number of amides is 3. The molecule has 1 rings (SSSR count). The van der Waals surface area contributed by atoms with Gasteiger partial charge in [0.15, 0.2) is 0 Å². The first kappa shape index (κ1) is 13.3. The molecule has 0 aromatic rings. The molecule has 0 spiro atoms. The van der Waals surface area contributed by atoms with Gasteiger partial charge in [0, 0.05) is 13.1 Å². The summed E-state index contributed by atoms with van der Waals surface area (Å²) in [4.78, 5) is 24.6. The van der Waals surface area contributed by atoms with Gasteiger partial charge in [-0.15, -0.1) is 11.6 Å². The molecule has 1 fully saturated rings. The molecule has 3 amide bonds. The molecule has 0 heterocycles. The number of hydrogen-bond acceptors (Lipinski definition) is 2. The first-order valence-electron chi connectivity index (χ1n) is 5.78. The zero-order chi connectivity index (χ0) is 12.1. The molecular formula is C11H19ClN2O2. The number of rotatable bonds is 4. The molecule has 0 aromatic heterocycles. The Bertz CT molecular complexity index is 265. The van der Waals surface area contributed by atoms with E-state index in [9.17, 15) is 9.59 Å². The first-order valence-corrected chi connectivity index (χ1v) is 6.22. The molecule has 1 saturated carbocycles. The van der Waals surface area contributed by atoms with Crippen LogP contribution in [0.1, 0.15) is 33.1 Å². The van der Waals surface area contributed by atoms with Gasteiger partial charge >= 0.3 is 6.03 Å². The van der Waals surface area contributed by atoms with E-state index in [0.717, 1.165) is 6.54 Å². The molecule has 92 valence electrons. The molecule has 1 aliphatic rings. The number of nitrogens with zero attached hydrogens (tertiary/aromatic N) is 1. The van der Waals surface area contributed by atoms with E-state index in [0.29, 0.717) is 12.5 Å². The van der Waals surface area contributed by atoms with Crippen molar-refractivity contribution < 1.29 is 9.59 Å². The van der Waals surface area contributed by atoms with Crippen molar-refractivity contribution in [1.82, 2.24) is 10.2 Å². The average molecular weight is 247 g/mol. The number of nitrogens with one attached hydrogen (secondary N) is 1. The van der Waals surface area contributed by atoms with Crippen LogP contribution in [0.2, 0.25) is 0 Å². The van der Waals surface area contributed by atoms with Crippen molar-refractivity contribution in [2.45, 2.75) is 38.5 Å². The molecule has 1 aliphatic carbocycles. The van der Waals surface area contributed by atoms with E-state index in [2.05, 4.69) is 5.32 Å². The van der Waals surface area contributed by atoms with E-state index in [1.54, 1.807) is 11.8 Å². The van der Waals surface area contributed by atoms with E-state index in [-0.39, 0.29) is 6.03 Å². The average Bonchev–Trinajstić information content (AvgIpc) is 2.15. The third-order valence-electron chi connectivity index (χ3n) is 2.96. The molecule has 16 heavy (non-hydrogen) atoms. The monoisotopic (exact) mass is 246 g/mol. The Labute approximate surface area is 101 Å². The Balaban J connectivity index is 2.38. The van der Waals surface area contributed by atoms with E-state index < -0.39 is 11.3 Å². The number of hydrogen-bond donors (Lipinski definition) is 1. The van der Waals surface area contributed by atoms with Gasteiger partial charge in [0.25, 0.3) is 0 Å². The molecule has 4 nitrogen and oxygen atoms in total. The lowest BCUT2D eigenvalue weighted by Gasteiger charge is -2.31. The van der Waals surface area contributed by atoms with Gasteiger partial charge in [-0.25, -0.2) is 4.79 Å². The van der Waals surface area contributed by atoms with Crippen LogP contribution in [0.3, 0.4) is 0 Å². The highest BCUT2D eigenvalue weighted by atomic mass is 35.5. The van der Waals surface area contributed by atoms with Crippen molar-refractivity contribution in [3.63, 3.8) is 0 Å². The predicted molar refractivity (Wildman–Crippen MR) is 63.4 cm³/mol. The topological polar surface area (TPSA) is 49.4 Å². The predicted octanol–water partition coefficient (Wildman–Crippen LogP) is 1.97. The van der Waals surface area contributed by atoms with Gasteiger partial charge in [0.1, 0.15) is 5.38 Å². The summed E-state index contributed by atoms with van der Waals surface area (Å²) in [6.45, 7) is 4.82. The molecule has 0 saturated heterocycles. The summed E-state index contributed by atoms with van der Waals surface area (Å²) in [7, 11) is 0. The second-order valence-electron chi connectivity index (χ2n) is 4.25. The lowest BCUT2D eigenvalue weighted by atomic mass is 9.85. The quantitative estimate of drug-likeness (QED) is 0.771. The van der Waals surface area contributed by atoms with Gasteiger partial charge in [-0.1, -0.05) is 6.42 Å². The fraction of sp³-hybridized carbons (Fsp3) is 0.818. The van der Waals surface area contributed by atoms with Gasteiger partial charge in [-0.05, 0) is 32.6 Å². The lowest BCUT2D eigenvalue weighted by molar-refractivity contribution is -0.119. The molecule has 0 aliphatic heterocycles. The normalized spacial score (nSPS) is 17.4. The van der Waals surface area contributed by atoms with Crippen LogP contribution in [-0.4, -0.2) is 35.3 Å². The van der Waals surface area contributed by atoms with Crippen molar-refractivity contribution in [2.75, 3.05) is 13.1 Å². The van der Waals surface area contributed by atoms with Crippen molar-refractivity contribution >= 4 is 23.5 Å². The number of imide groups is 1. The Hall–Kier alpha value is -0.770. The standard InChI is InChI=1S/C11H19ClN2O2/c1-3-14(7-9-5-4-6-9)11(16)13-10(15)8(2)12/h8-9H,3-7H2,1-2H3,(H,13,15,16). The van der Waals surface area contributed by atoms with E-state index in [1.165, 1.54) is 19.3 Å². The number of urea groups is 1. The van der Waals surface area contributed by atoms with Gasteiger partial charge in [0.2, 0.25) is 5.91 Å². The molecule has 5 heteroatoms. The Morgan fingerprint density at radius 3 is 2.50 bits per heavy atom. The maximum Gasteiger partial charge on any atom is 0.324 e. The maximum absolute atomic E-state index is 11.7. The molecule has 1 atom stereocenters. The fourth-order valence-corrected chi connectivity index (χ4v) is 1.68. The highest BCUT2D eigenvalue weighted by molar-refractivity contribution is 6.31. The van der Waals surface area contributed by atoms with Crippen LogP contribution < -0.4 is 5.32 Å². The second kappa shape index (κ2) is 6.09. The fourth-order valence-electron chi connectivity index (χ4n) is 1.63. The van der Waals surface area contributed by atoms with Crippen LogP contribution in [0.25, 0.3) is 0 Å².